The minimum Gasteiger partial charge on any atom is -0.490 e. The van der Waals surface area contributed by atoms with Crippen LogP contribution in [0.25, 0.3) is 0 Å². The molecule has 1 aliphatic heterocycles. The van der Waals surface area contributed by atoms with E-state index in [-0.39, 0.29) is 19.9 Å². The van der Waals surface area contributed by atoms with E-state index in [1.165, 1.54) is 30.5 Å². The third-order valence-electron chi connectivity index (χ3n) is 5.23. The summed E-state index contributed by atoms with van der Waals surface area (Å²) in [4.78, 5) is 36.3. The Kier molecular flexibility index (Phi) is 8.91. The van der Waals surface area contributed by atoms with Crippen LogP contribution in [0.1, 0.15) is 18.1 Å². The molecule has 3 amide bonds. The highest BCUT2D eigenvalue weighted by molar-refractivity contribution is 6.35. The van der Waals surface area contributed by atoms with Crippen molar-refractivity contribution in [2.24, 2.45) is 5.10 Å². The van der Waals surface area contributed by atoms with Gasteiger partial charge in [-0.05, 0) is 72.6 Å². The number of ether oxygens (including phenoxy) is 4. The van der Waals surface area contributed by atoms with Crippen molar-refractivity contribution in [3.8, 4) is 23.0 Å². The van der Waals surface area contributed by atoms with Crippen molar-refractivity contribution in [1.29, 1.82) is 0 Å². The molecule has 0 saturated heterocycles. The second-order valence-corrected chi connectivity index (χ2v) is 8.05. The number of nitrogens with one attached hydrogen (secondary N) is 3. The number of carbonyl (C=O) groups is 3. The van der Waals surface area contributed by atoms with Crippen molar-refractivity contribution in [3.63, 3.8) is 0 Å². The zero-order chi connectivity index (χ0) is 27.6. The van der Waals surface area contributed by atoms with Gasteiger partial charge in [0.2, 0.25) is 6.79 Å². The highest BCUT2D eigenvalue weighted by Crippen LogP contribution is 2.32. The molecule has 3 aromatic carbocycles. The van der Waals surface area contributed by atoms with Gasteiger partial charge < -0.3 is 29.6 Å². The van der Waals surface area contributed by atoms with Gasteiger partial charge in [-0.25, -0.2) is 9.82 Å². The van der Waals surface area contributed by atoms with Gasteiger partial charge in [0.1, 0.15) is 5.82 Å². The lowest BCUT2D eigenvalue weighted by Gasteiger charge is -2.12. The molecule has 0 radical (unpaired) electrons. The van der Waals surface area contributed by atoms with Crippen molar-refractivity contribution in [1.82, 2.24) is 10.7 Å². The summed E-state index contributed by atoms with van der Waals surface area (Å²) in [7, 11) is 0. The molecule has 0 saturated carbocycles. The second kappa shape index (κ2) is 12.9. The zero-order valence-electron chi connectivity index (χ0n) is 20.9. The predicted molar refractivity (Wildman–Crippen MR) is 138 cm³/mol. The number of amides is 3. The van der Waals surface area contributed by atoms with E-state index >= 15 is 0 Å². The third-order valence-corrected chi connectivity index (χ3v) is 5.23. The number of anilines is 1. The fourth-order valence-corrected chi connectivity index (χ4v) is 3.40. The van der Waals surface area contributed by atoms with Gasteiger partial charge in [0.05, 0.1) is 12.8 Å². The zero-order valence-corrected chi connectivity index (χ0v) is 20.9. The van der Waals surface area contributed by atoms with E-state index < -0.39 is 23.5 Å². The van der Waals surface area contributed by atoms with Gasteiger partial charge in [-0.1, -0.05) is 6.07 Å². The van der Waals surface area contributed by atoms with Crippen LogP contribution in [0.5, 0.6) is 23.0 Å². The number of benzene rings is 3. The molecule has 3 N–H and O–H groups in total. The summed E-state index contributed by atoms with van der Waals surface area (Å²) >= 11 is 0. The molecule has 202 valence electrons. The van der Waals surface area contributed by atoms with E-state index in [4.69, 9.17) is 18.9 Å². The summed E-state index contributed by atoms with van der Waals surface area (Å²) in [6.45, 7) is 2.08. The number of carbonyl (C=O) groups excluding carboxylic acids is 3. The lowest BCUT2D eigenvalue weighted by atomic mass is 10.2. The van der Waals surface area contributed by atoms with Crippen molar-refractivity contribution in [3.05, 3.63) is 77.6 Å². The fraction of sp³-hybridized carbons (Fsp3) is 0.185. The van der Waals surface area contributed by atoms with Crippen LogP contribution in [0.2, 0.25) is 0 Å². The summed E-state index contributed by atoms with van der Waals surface area (Å²) < 4.78 is 34.7. The molecule has 0 spiro atoms. The molecule has 4 rings (SSSR count). The Morgan fingerprint density at radius 1 is 0.949 bits per heavy atom. The van der Waals surface area contributed by atoms with Crippen LogP contribution in [-0.2, 0) is 20.9 Å². The average molecular weight is 537 g/mol. The molecule has 1 heterocycles. The molecule has 0 unspecified atom stereocenters. The van der Waals surface area contributed by atoms with Crippen LogP contribution in [0, 0.1) is 5.82 Å². The molecular weight excluding hydrogens is 511 g/mol. The van der Waals surface area contributed by atoms with E-state index in [1.807, 2.05) is 0 Å². The molecule has 0 aromatic heterocycles. The molecule has 39 heavy (non-hydrogen) atoms. The number of hydrogen-bond donors (Lipinski definition) is 3. The Labute approximate surface area is 222 Å². The van der Waals surface area contributed by atoms with Gasteiger partial charge in [0.15, 0.2) is 29.6 Å². The minimum absolute atomic E-state index is 0.119. The monoisotopic (exact) mass is 536 g/mol. The van der Waals surface area contributed by atoms with Gasteiger partial charge in [-0.3, -0.25) is 14.4 Å². The summed E-state index contributed by atoms with van der Waals surface area (Å²) in [6, 6.07) is 15.4. The van der Waals surface area contributed by atoms with E-state index in [2.05, 4.69) is 21.2 Å². The van der Waals surface area contributed by atoms with Gasteiger partial charge in [0, 0.05) is 12.2 Å². The van der Waals surface area contributed by atoms with Crippen molar-refractivity contribution in [2.45, 2.75) is 13.5 Å². The highest BCUT2D eigenvalue weighted by Gasteiger charge is 2.16. The Hall–Kier alpha value is -5.13. The van der Waals surface area contributed by atoms with Crippen LogP contribution in [0.15, 0.2) is 65.8 Å². The Morgan fingerprint density at radius 3 is 2.54 bits per heavy atom. The lowest BCUT2D eigenvalue weighted by Crippen LogP contribution is -2.37. The molecule has 12 heteroatoms. The maximum Gasteiger partial charge on any atom is 0.329 e. The minimum atomic E-state index is -0.941. The first kappa shape index (κ1) is 26.9. The Bertz CT molecular complexity index is 1380. The van der Waals surface area contributed by atoms with E-state index in [9.17, 15) is 18.8 Å². The van der Waals surface area contributed by atoms with Gasteiger partial charge >= 0.3 is 11.8 Å². The SMILES string of the molecule is CCOc1cc(/C=N\NC(=O)C(=O)NCc2ccc3c(c2)OCO3)ccc1OCC(=O)Nc1ccc(F)cc1. The first-order valence-corrected chi connectivity index (χ1v) is 11.9. The van der Waals surface area contributed by atoms with Crippen LogP contribution in [0.4, 0.5) is 10.1 Å². The summed E-state index contributed by atoms with van der Waals surface area (Å²) in [6.07, 6.45) is 1.33. The molecule has 11 nitrogen and oxygen atoms in total. The molecule has 0 aliphatic carbocycles. The average Bonchev–Trinajstić information content (AvgIpc) is 3.41. The Morgan fingerprint density at radius 2 is 1.74 bits per heavy atom. The number of nitrogens with zero attached hydrogens (tertiary/aromatic N) is 1. The number of halogens is 1. The van der Waals surface area contributed by atoms with Crippen molar-refractivity contribution in [2.75, 3.05) is 25.3 Å². The van der Waals surface area contributed by atoms with Crippen LogP contribution in [0.3, 0.4) is 0 Å². The standard InChI is InChI=1S/C27H25FN4O7/c1-2-36-23-12-18(4-9-21(23)37-15-25(33)31-20-7-5-19(28)6-8-20)14-30-32-27(35)26(34)29-13-17-3-10-22-24(11-17)39-16-38-22/h3-12,14H,2,13,15-16H2,1H3,(H,29,34)(H,31,33)(H,32,35)/b30-14-. The molecule has 0 fully saturated rings. The smallest absolute Gasteiger partial charge is 0.329 e. The molecule has 3 aromatic rings. The Balaban J connectivity index is 1.26. The summed E-state index contributed by atoms with van der Waals surface area (Å²) in [5.74, 6) is -0.780. The van der Waals surface area contributed by atoms with Crippen LogP contribution >= 0.6 is 0 Å². The molecule has 1 aliphatic rings. The number of fused-ring (bicyclic) bond motifs is 1. The maximum absolute atomic E-state index is 13.0. The predicted octanol–water partition coefficient (Wildman–Crippen LogP) is 2.74. The topological polar surface area (TPSA) is 137 Å². The van der Waals surface area contributed by atoms with E-state index in [1.54, 1.807) is 43.3 Å². The van der Waals surface area contributed by atoms with E-state index in [0.717, 1.165) is 5.56 Å². The number of hydrazone groups is 1. The third kappa shape index (κ3) is 7.68. The van der Waals surface area contributed by atoms with Gasteiger partial charge in [0.25, 0.3) is 5.91 Å². The van der Waals surface area contributed by atoms with E-state index in [0.29, 0.717) is 40.9 Å². The van der Waals surface area contributed by atoms with Crippen LogP contribution < -0.4 is 35.0 Å². The molecular formula is C27H25FN4O7. The normalized spacial score (nSPS) is 11.6. The largest absolute Gasteiger partial charge is 0.490 e. The van der Waals surface area contributed by atoms with Crippen molar-refractivity contribution >= 4 is 29.6 Å². The maximum atomic E-state index is 13.0. The number of hydrogen-bond acceptors (Lipinski definition) is 8. The number of rotatable bonds is 10. The first-order chi connectivity index (χ1) is 18.9. The molecule has 0 bridgehead atoms. The van der Waals surface area contributed by atoms with Crippen molar-refractivity contribution < 1.29 is 37.7 Å². The van der Waals surface area contributed by atoms with Gasteiger partial charge in [-0.2, -0.15) is 5.10 Å². The highest BCUT2D eigenvalue weighted by atomic mass is 19.1. The molecule has 0 atom stereocenters. The summed E-state index contributed by atoms with van der Waals surface area (Å²) in [5.41, 5.74) is 3.89. The van der Waals surface area contributed by atoms with Gasteiger partial charge in [-0.15, -0.1) is 0 Å². The fourth-order valence-electron chi connectivity index (χ4n) is 3.40. The summed E-state index contributed by atoms with van der Waals surface area (Å²) in [5, 5.41) is 8.92. The second-order valence-electron chi connectivity index (χ2n) is 8.05. The first-order valence-electron chi connectivity index (χ1n) is 11.9. The quantitative estimate of drug-likeness (QED) is 0.206. The lowest BCUT2D eigenvalue weighted by molar-refractivity contribution is -0.139. The van der Waals surface area contributed by atoms with Crippen LogP contribution in [-0.4, -0.2) is 43.9 Å².